The molecule has 176 valence electrons. The Labute approximate surface area is 207 Å². The van der Waals surface area contributed by atoms with Gasteiger partial charge in [-0.05, 0) is 35.9 Å². The van der Waals surface area contributed by atoms with Gasteiger partial charge >= 0.3 is 0 Å². The Morgan fingerprint density at radius 1 is 0.686 bits per heavy atom. The number of rotatable bonds is 8. The fourth-order valence-electron chi connectivity index (χ4n) is 3.78. The highest BCUT2D eigenvalue weighted by molar-refractivity contribution is 7.22. The van der Waals surface area contributed by atoms with Gasteiger partial charge in [0.2, 0.25) is 5.75 Å². The molecule has 5 rings (SSSR count). The molecule has 7 nitrogen and oxygen atoms in total. The van der Waals surface area contributed by atoms with Gasteiger partial charge in [0.1, 0.15) is 6.33 Å². The molecule has 0 radical (unpaired) electrons. The maximum absolute atomic E-state index is 5.44. The van der Waals surface area contributed by atoms with Crippen molar-refractivity contribution >= 4 is 44.4 Å². The standard InChI is InChI=1S/C27H24N4O3S/c1-32-22-13-20(14-23(33-2)25(22)34-3)30-18-9-11-19(12-10-18)31-27-26-21(28-16-29-27)15-24(35-26)17-7-5-4-6-8-17/h4-16,30H,1-3H3,(H,28,29,31). The number of nitrogens with zero attached hydrogens (tertiary/aromatic N) is 2. The van der Waals surface area contributed by atoms with Gasteiger partial charge in [-0.15, -0.1) is 11.3 Å². The molecule has 0 saturated heterocycles. The molecule has 0 atom stereocenters. The van der Waals surface area contributed by atoms with Crippen molar-refractivity contribution in [1.82, 2.24) is 9.97 Å². The highest BCUT2D eigenvalue weighted by Gasteiger charge is 2.14. The highest BCUT2D eigenvalue weighted by Crippen LogP contribution is 2.41. The first-order chi connectivity index (χ1) is 17.2. The number of fused-ring (bicyclic) bond motifs is 1. The van der Waals surface area contributed by atoms with E-state index in [0.717, 1.165) is 38.0 Å². The van der Waals surface area contributed by atoms with Gasteiger partial charge in [0.25, 0.3) is 0 Å². The summed E-state index contributed by atoms with van der Waals surface area (Å²) in [5, 5.41) is 6.81. The Hall–Kier alpha value is -4.30. The average Bonchev–Trinajstić information content (AvgIpc) is 3.35. The third-order valence-corrected chi connectivity index (χ3v) is 6.65. The molecule has 2 N–H and O–H groups in total. The van der Waals surface area contributed by atoms with Crippen LogP contribution in [0, 0.1) is 0 Å². The monoisotopic (exact) mass is 484 g/mol. The molecule has 8 heteroatoms. The fraction of sp³-hybridized carbons (Fsp3) is 0.111. The van der Waals surface area contributed by atoms with Crippen molar-refractivity contribution in [1.29, 1.82) is 0 Å². The molecule has 0 aliphatic carbocycles. The number of benzene rings is 3. The van der Waals surface area contributed by atoms with Crippen LogP contribution < -0.4 is 24.8 Å². The quantitative estimate of drug-likeness (QED) is 0.249. The molecule has 0 amide bonds. The Morgan fingerprint density at radius 3 is 1.97 bits per heavy atom. The molecule has 0 bridgehead atoms. The molecular weight excluding hydrogens is 460 g/mol. The molecule has 0 saturated carbocycles. The Balaban J connectivity index is 1.36. The maximum atomic E-state index is 5.44. The zero-order chi connectivity index (χ0) is 24.2. The SMILES string of the molecule is COc1cc(Nc2ccc(Nc3ncnc4cc(-c5ccccc5)sc34)cc2)cc(OC)c1OC. The number of methoxy groups -OCH3 is 3. The van der Waals surface area contributed by atoms with Crippen LogP contribution in [0.4, 0.5) is 22.9 Å². The van der Waals surface area contributed by atoms with E-state index in [0.29, 0.717) is 17.2 Å². The first-order valence-corrected chi connectivity index (χ1v) is 11.7. The predicted molar refractivity (Wildman–Crippen MR) is 142 cm³/mol. The van der Waals surface area contributed by atoms with Crippen molar-refractivity contribution in [2.45, 2.75) is 0 Å². The number of thiophene rings is 1. The third-order valence-electron chi connectivity index (χ3n) is 5.47. The third kappa shape index (κ3) is 4.69. The van der Waals surface area contributed by atoms with Gasteiger partial charge in [0.15, 0.2) is 17.3 Å². The molecule has 35 heavy (non-hydrogen) atoms. The first kappa shape index (κ1) is 22.5. The number of hydrogen-bond donors (Lipinski definition) is 2. The molecule has 0 aliphatic heterocycles. The molecule has 0 unspecified atom stereocenters. The lowest BCUT2D eigenvalue weighted by molar-refractivity contribution is 0.324. The summed E-state index contributed by atoms with van der Waals surface area (Å²) in [7, 11) is 4.79. The van der Waals surface area contributed by atoms with Crippen LogP contribution in [0.2, 0.25) is 0 Å². The minimum absolute atomic E-state index is 0.556. The smallest absolute Gasteiger partial charge is 0.203 e. The predicted octanol–water partition coefficient (Wildman–Crippen LogP) is 6.87. The van der Waals surface area contributed by atoms with E-state index in [1.807, 2.05) is 54.6 Å². The van der Waals surface area contributed by atoms with Gasteiger partial charge in [-0.3, -0.25) is 0 Å². The normalized spacial score (nSPS) is 10.7. The summed E-state index contributed by atoms with van der Waals surface area (Å²) in [4.78, 5) is 10.1. The van der Waals surface area contributed by atoms with Crippen LogP contribution in [0.25, 0.3) is 20.7 Å². The topological polar surface area (TPSA) is 77.5 Å². The Morgan fingerprint density at radius 2 is 1.34 bits per heavy atom. The second kappa shape index (κ2) is 9.90. The van der Waals surface area contributed by atoms with E-state index in [1.165, 1.54) is 5.56 Å². The fourth-order valence-corrected chi connectivity index (χ4v) is 4.84. The number of nitrogens with one attached hydrogen (secondary N) is 2. The maximum Gasteiger partial charge on any atom is 0.203 e. The molecular formula is C27H24N4O3S. The minimum atomic E-state index is 0.556. The van der Waals surface area contributed by atoms with Gasteiger partial charge < -0.3 is 24.8 Å². The number of ether oxygens (including phenoxy) is 3. The molecule has 2 heterocycles. The molecule has 0 aliphatic rings. The lowest BCUT2D eigenvalue weighted by Crippen LogP contribution is -1.98. The van der Waals surface area contributed by atoms with Gasteiger partial charge in [-0.1, -0.05) is 30.3 Å². The zero-order valence-electron chi connectivity index (χ0n) is 19.5. The highest BCUT2D eigenvalue weighted by atomic mass is 32.1. The molecule has 0 spiro atoms. The van der Waals surface area contributed by atoms with E-state index in [-0.39, 0.29) is 0 Å². The minimum Gasteiger partial charge on any atom is -0.493 e. The van der Waals surface area contributed by atoms with Crippen molar-refractivity contribution in [3.63, 3.8) is 0 Å². The second-order valence-corrected chi connectivity index (χ2v) is 8.71. The molecule has 3 aromatic carbocycles. The summed E-state index contributed by atoms with van der Waals surface area (Å²) in [6, 6.07) is 24.1. The van der Waals surface area contributed by atoms with Crippen molar-refractivity contribution in [3.8, 4) is 27.7 Å². The summed E-state index contributed by atoms with van der Waals surface area (Å²) in [6.07, 6.45) is 1.59. The Bertz CT molecular complexity index is 1430. The second-order valence-electron chi connectivity index (χ2n) is 7.65. The summed E-state index contributed by atoms with van der Waals surface area (Å²) < 4.78 is 17.3. The van der Waals surface area contributed by atoms with Crippen molar-refractivity contribution in [2.75, 3.05) is 32.0 Å². The van der Waals surface area contributed by atoms with Crippen LogP contribution in [-0.2, 0) is 0 Å². The van der Waals surface area contributed by atoms with E-state index in [1.54, 1.807) is 39.0 Å². The lowest BCUT2D eigenvalue weighted by atomic mass is 10.2. The van der Waals surface area contributed by atoms with Gasteiger partial charge in [-0.25, -0.2) is 9.97 Å². The van der Waals surface area contributed by atoms with Crippen LogP contribution >= 0.6 is 11.3 Å². The average molecular weight is 485 g/mol. The van der Waals surface area contributed by atoms with E-state index < -0.39 is 0 Å². The number of aromatic nitrogens is 2. The van der Waals surface area contributed by atoms with Crippen molar-refractivity contribution in [3.05, 3.63) is 79.1 Å². The van der Waals surface area contributed by atoms with Gasteiger partial charge in [-0.2, -0.15) is 0 Å². The molecule has 5 aromatic rings. The summed E-state index contributed by atoms with van der Waals surface area (Å²) in [6.45, 7) is 0. The van der Waals surface area contributed by atoms with E-state index in [4.69, 9.17) is 14.2 Å². The summed E-state index contributed by atoms with van der Waals surface area (Å²) in [5.74, 6) is 2.52. The lowest BCUT2D eigenvalue weighted by Gasteiger charge is -2.15. The van der Waals surface area contributed by atoms with Crippen LogP contribution in [-0.4, -0.2) is 31.3 Å². The largest absolute Gasteiger partial charge is 0.493 e. The number of hydrogen-bond acceptors (Lipinski definition) is 8. The Kier molecular flexibility index (Phi) is 6.36. The summed E-state index contributed by atoms with van der Waals surface area (Å²) in [5.41, 5.74) is 4.76. The van der Waals surface area contributed by atoms with Crippen molar-refractivity contribution in [2.24, 2.45) is 0 Å². The van der Waals surface area contributed by atoms with Gasteiger partial charge in [0, 0.05) is 34.1 Å². The van der Waals surface area contributed by atoms with Crippen LogP contribution in [0.1, 0.15) is 0 Å². The van der Waals surface area contributed by atoms with Crippen LogP contribution in [0.15, 0.2) is 79.1 Å². The summed E-state index contributed by atoms with van der Waals surface area (Å²) >= 11 is 1.68. The van der Waals surface area contributed by atoms with Crippen LogP contribution in [0.3, 0.4) is 0 Å². The molecule has 0 fully saturated rings. The van der Waals surface area contributed by atoms with E-state index in [9.17, 15) is 0 Å². The first-order valence-electron chi connectivity index (χ1n) is 10.9. The zero-order valence-corrected chi connectivity index (χ0v) is 20.3. The van der Waals surface area contributed by atoms with Crippen molar-refractivity contribution < 1.29 is 14.2 Å². The molecule has 2 aromatic heterocycles. The van der Waals surface area contributed by atoms with Gasteiger partial charge in [0.05, 0.1) is 31.5 Å². The van der Waals surface area contributed by atoms with E-state index >= 15 is 0 Å². The number of anilines is 4. The van der Waals surface area contributed by atoms with E-state index in [2.05, 4.69) is 38.8 Å². The van der Waals surface area contributed by atoms with Crippen LogP contribution in [0.5, 0.6) is 17.2 Å².